The lowest BCUT2D eigenvalue weighted by atomic mass is 9.88. The molecule has 172 valence electrons. The quantitative estimate of drug-likeness (QED) is 0.649. The van der Waals surface area contributed by atoms with Crippen LogP contribution in [-0.4, -0.2) is 97.3 Å². The van der Waals surface area contributed by atoms with Gasteiger partial charge in [-0.05, 0) is 25.5 Å². The van der Waals surface area contributed by atoms with E-state index in [0.29, 0.717) is 30.8 Å². The highest BCUT2D eigenvalue weighted by Crippen LogP contribution is 2.42. The van der Waals surface area contributed by atoms with Crippen LogP contribution in [0.4, 0.5) is 0 Å². The molecule has 0 aliphatic carbocycles. The number of carbonyl (C=O) groups excluding carboxylic acids is 2. The third kappa shape index (κ3) is 4.01. The number of hydrogen-bond acceptors (Lipinski definition) is 7. The van der Waals surface area contributed by atoms with Gasteiger partial charge in [0.15, 0.2) is 0 Å². The fourth-order valence-corrected chi connectivity index (χ4v) is 6.46. The molecule has 0 saturated carbocycles. The van der Waals surface area contributed by atoms with Crippen LogP contribution < -0.4 is 0 Å². The Labute approximate surface area is 184 Å². The molecular weight excluding hydrogens is 420 g/mol. The lowest BCUT2D eigenvalue weighted by Gasteiger charge is -2.32. The van der Waals surface area contributed by atoms with Gasteiger partial charge < -0.3 is 14.2 Å². The molecule has 4 rings (SSSR count). The van der Waals surface area contributed by atoms with Gasteiger partial charge in [0.1, 0.15) is 5.76 Å². The number of hydrogen-bond donors (Lipinski definition) is 0. The van der Waals surface area contributed by atoms with Gasteiger partial charge in [0.2, 0.25) is 15.9 Å². The minimum absolute atomic E-state index is 0.0747. The fraction of sp³-hybridized carbons (Fsp3) is 0.714. The third-order valence-electron chi connectivity index (χ3n) is 6.87. The lowest BCUT2D eigenvalue weighted by Crippen LogP contribution is -2.45. The fourth-order valence-electron chi connectivity index (χ4n) is 5.29. The van der Waals surface area contributed by atoms with Gasteiger partial charge >= 0.3 is 0 Å². The van der Waals surface area contributed by atoms with Gasteiger partial charge in [-0.2, -0.15) is 0 Å². The monoisotopic (exact) mass is 452 g/mol. The molecule has 9 nitrogen and oxygen atoms in total. The van der Waals surface area contributed by atoms with Crippen LogP contribution >= 0.6 is 0 Å². The third-order valence-corrected chi connectivity index (χ3v) is 8.03. The van der Waals surface area contributed by atoms with Crippen LogP contribution in [0.5, 0.6) is 0 Å². The molecule has 0 unspecified atom stereocenters. The van der Waals surface area contributed by atoms with E-state index in [9.17, 15) is 18.0 Å². The van der Waals surface area contributed by atoms with Crippen molar-refractivity contribution in [3.05, 3.63) is 23.7 Å². The summed E-state index contributed by atoms with van der Waals surface area (Å²) in [4.78, 5) is 32.8. The molecule has 0 N–H and O–H groups in total. The first-order valence-electron chi connectivity index (χ1n) is 10.9. The van der Waals surface area contributed by atoms with Crippen LogP contribution in [0.1, 0.15) is 36.4 Å². The lowest BCUT2D eigenvalue weighted by molar-refractivity contribution is -0.129. The zero-order chi connectivity index (χ0) is 22.5. The molecule has 10 heteroatoms. The first-order valence-corrected chi connectivity index (χ1v) is 12.8. The maximum Gasteiger partial charge on any atom is 0.257 e. The van der Waals surface area contributed by atoms with Crippen molar-refractivity contribution >= 4 is 21.8 Å². The number of carbonyl (C=O) groups is 2. The largest absolute Gasteiger partial charge is 0.467 e. The number of likely N-dealkylation sites (tertiary alicyclic amines) is 1. The van der Waals surface area contributed by atoms with Crippen LogP contribution in [-0.2, 0) is 21.4 Å². The summed E-state index contributed by atoms with van der Waals surface area (Å²) < 4.78 is 31.4. The van der Waals surface area contributed by atoms with Gasteiger partial charge in [-0.1, -0.05) is 13.8 Å². The van der Waals surface area contributed by atoms with E-state index in [-0.39, 0.29) is 11.8 Å². The Balaban J connectivity index is 1.58. The molecule has 0 radical (unpaired) electrons. The minimum atomic E-state index is -3.69. The number of rotatable bonds is 5. The van der Waals surface area contributed by atoms with E-state index in [2.05, 4.69) is 16.8 Å². The van der Waals surface area contributed by atoms with Gasteiger partial charge in [0.05, 0.1) is 42.6 Å². The zero-order valence-electron chi connectivity index (χ0n) is 18.7. The van der Waals surface area contributed by atoms with E-state index in [0.717, 1.165) is 36.7 Å². The molecule has 3 aliphatic heterocycles. The molecule has 0 spiro atoms. The molecular formula is C21H32N4O5S. The van der Waals surface area contributed by atoms with Crippen LogP contribution in [0.25, 0.3) is 0 Å². The number of amides is 2. The van der Waals surface area contributed by atoms with E-state index >= 15 is 0 Å². The number of fused-ring (bicyclic) bond motifs is 1. The highest BCUT2D eigenvalue weighted by molar-refractivity contribution is 7.88. The summed E-state index contributed by atoms with van der Waals surface area (Å²) >= 11 is 0. The average Bonchev–Trinajstić information content (AvgIpc) is 3.36. The summed E-state index contributed by atoms with van der Waals surface area (Å²) in [5.41, 5.74) is 0.507. The minimum Gasteiger partial charge on any atom is -0.467 e. The summed E-state index contributed by atoms with van der Waals surface area (Å²) in [6.07, 6.45) is 3.07. The smallest absolute Gasteiger partial charge is 0.257 e. The van der Waals surface area contributed by atoms with Crippen LogP contribution in [0.2, 0.25) is 0 Å². The van der Waals surface area contributed by atoms with Crippen LogP contribution in [0, 0.1) is 11.8 Å². The topological polar surface area (TPSA) is 94.4 Å². The van der Waals surface area contributed by atoms with Gasteiger partial charge in [-0.3, -0.25) is 14.5 Å². The second-order valence-corrected chi connectivity index (χ2v) is 11.2. The zero-order valence-corrected chi connectivity index (χ0v) is 19.5. The molecule has 31 heavy (non-hydrogen) atoms. The molecule has 4 heterocycles. The summed E-state index contributed by atoms with van der Waals surface area (Å²) in [6.45, 7) is 8.56. The van der Waals surface area contributed by atoms with Gasteiger partial charge in [-0.25, -0.2) is 12.7 Å². The highest BCUT2D eigenvalue weighted by Gasteiger charge is 2.58. The van der Waals surface area contributed by atoms with E-state index in [1.807, 2.05) is 13.8 Å². The molecule has 0 bridgehead atoms. The number of sulfonamides is 1. The molecule has 3 atom stereocenters. The Morgan fingerprint density at radius 1 is 1.19 bits per heavy atom. The predicted octanol–water partition coefficient (Wildman–Crippen LogP) is 0.684. The normalized spacial score (nSPS) is 28.0. The Morgan fingerprint density at radius 2 is 1.87 bits per heavy atom. The Morgan fingerprint density at radius 3 is 2.48 bits per heavy atom. The molecule has 3 aliphatic rings. The van der Waals surface area contributed by atoms with Gasteiger partial charge in [0, 0.05) is 32.7 Å². The van der Waals surface area contributed by atoms with Gasteiger partial charge in [-0.15, -0.1) is 0 Å². The maximum atomic E-state index is 13.6. The predicted molar refractivity (Wildman–Crippen MR) is 115 cm³/mol. The molecule has 1 aromatic rings. The summed E-state index contributed by atoms with van der Waals surface area (Å²) in [6, 6.07) is 0.754. The van der Waals surface area contributed by atoms with E-state index in [1.54, 1.807) is 11.0 Å². The molecule has 3 fully saturated rings. The van der Waals surface area contributed by atoms with Crippen molar-refractivity contribution in [2.24, 2.45) is 11.8 Å². The molecule has 3 saturated heterocycles. The second-order valence-electron chi connectivity index (χ2n) is 9.35. The number of likely N-dealkylation sites (N-methyl/N-ethyl adjacent to an activating group) is 1. The van der Waals surface area contributed by atoms with Crippen molar-refractivity contribution in [3.63, 3.8) is 0 Å². The highest BCUT2D eigenvalue weighted by atomic mass is 32.2. The van der Waals surface area contributed by atoms with E-state index in [1.165, 1.54) is 6.26 Å². The first-order chi connectivity index (χ1) is 14.6. The van der Waals surface area contributed by atoms with Crippen molar-refractivity contribution in [1.29, 1.82) is 0 Å². The Kier molecular flexibility index (Phi) is 5.91. The van der Waals surface area contributed by atoms with Crippen molar-refractivity contribution in [2.45, 2.75) is 38.9 Å². The first kappa shape index (κ1) is 22.3. The summed E-state index contributed by atoms with van der Waals surface area (Å²) in [5, 5.41) is 0. The average molecular weight is 453 g/mol. The SMILES string of the molecule is CC(C)[C@H]1C(=O)N(S(C)(=O)=O)[C@H]2CCN(C(=O)c3ccoc3CN3CCN(C)CC3)[C@H]12. The van der Waals surface area contributed by atoms with Crippen molar-refractivity contribution in [2.75, 3.05) is 46.0 Å². The van der Waals surface area contributed by atoms with Crippen molar-refractivity contribution in [3.8, 4) is 0 Å². The van der Waals surface area contributed by atoms with Crippen molar-refractivity contribution in [1.82, 2.24) is 19.0 Å². The van der Waals surface area contributed by atoms with E-state index in [4.69, 9.17) is 4.42 Å². The number of furan rings is 1. The number of nitrogens with zero attached hydrogens (tertiary/aromatic N) is 4. The summed E-state index contributed by atoms with van der Waals surface area (Å²) in [5.74, 6) is -0.550. The second kappa shape index (κ2) is 8.22. The molecule has 0 aromatic carbocycles. The summed E-state index contributed by atoms with van der Waals surface area (Å²) in [7, 11) is -1.60. The molecule has 1 aromatic heterocycles. The Hall–Kier alpha value is -1.91. The van der Waals surface area contributed by atoms with Crippen LogP contribution in [0.15, 0.2) is 16.7 Å². The Bertz CT molecular complexity index is 951. The van der Waals surface area contributed by atoms with E-state index < -0.39 is 33.9 Å². The van der Waals surface area contributed by atoms with Gasteiger partial charge in [0.25, 0.3) is 5.91 Å². The number of piperazine rings is 1. The van der Waals surface area contributed by atoms with Crippen molar-refractivity contribution < 1.29 is 22.4 Å². The van der Waals surface area contributed by atoms with Crippen LogP contribution in [0.3, 0.4) is 0 Å². The molecule has 2 amide bonds. The maximum absolute atomic E-state index is 13.6. The standard InChI is InChI=1S/C21H32N4O5S/c1-14(2)18-19-16(25(21(18)27)31(4,28)29)5-7-24(19)20(26)15-6-12-30-17(15)13-23-10-8-22(3)9-11-23/h6,12,14,16,18-19H,5,7-11,13H2,1-4H3/t16-,18+,19-/m0/s1.